The topological polar surface area (TPSA) is 44.4 Å². The van der Waals surface area contributed by atoms with Crippen LogP contribution in [-0.2, 0) is 13.1 Å². The zero-order valence-corrected chi connectivity index (χ0v) is 12.8. The summed E-state index contributed by atoms with van der Waals surface area (Å²) < 4.78 is 12.8. The van der Waals surface area contributed by atoms with Crippen LogP contribution in [0, 0.1) is 5.82 Å². The summed E-state index contributed by atoms with van der Waals surface area (Å²) in [5.74, 6) is -0.330. The molecular weight excluding hydrogens is 281 g/mol. The van der Waals surface area contributed by atoms with Crippen molar-refractivity contribution in [2.75, 3.05) is 19.4 Å². The van der Waals surface area contributed by atoms with Crippen molar-refractivity contribution in [2.45, 2.75) is 13.1 Å². The highest BCUT2D eigenvalue weighted by Gasteiger charge is 2.02. The predicted molar refractivity (Wildman–Crippen MR) is 86.1 cm³/mol. The predicted octanol–water partition coefficient (Wildman–Crippen LogP) is 3.21. The molecule has 0 radical (unpaired) electrons. The zero-order valence-electron chi connectivity index (χ0n) is 12.8. The summed E-state index contributed by atoms with van der Waals surface area (Å²) in [5.41, 5.74) is 2.81. The summed E-state index contributed by atoms with van der Waals surface area (Å²) in [7, 11) is 4.05. The maximum Gasteiger partial charge on any atom is 0.319 e. The highest BCUT2D eigenvalue weighted by Crippen LogP contribution is 2.08. The minimum atomic E-state index is -0.330. The maximum atomic E-state index is 12.8. The van der Waals surface area contributed by atoms with Gasteiger partial charge in [0.15, 0.2) is 0 Å². The van der Waals surface area contributed by atoms with Gasteiger partial charge >= 0.3 is 6.03 Å². The Bertz CT molecular complexity index is 609. The molecule has 0 heterocycles. The van der Waals surface area contributed by atoms with Crippen LogP contribution >= 0.6 is 0 Å². The number of halogens is 1. The molecule has 0 aliphatic heterocycles. The molecule has 116 valence electrons. The molecular formula is C17H20FN3O. The first-order valence-electron chi connectivity index (χ1n) is 7.06. The largest absolute Gasteiger partial charge is 0.334 e. The summed E-state index contributed by atoms with van der Waals surface area (Å²) >= 11 is 0. The van der Waals surface area contributed by atoms with Gasteiger partial charge < -0.3 is 15.5 Å². The number of amides is 2. The van der Waals surface area contributed by atoms with Crippen LogP contribution in [0.3, 0.4) is 0 Å². The van der Waals surface area contributed by atoms with E-state index in [0.29, 0.717) is 12.2 Å². The van der Waals surface area contributed by atoms with Crippen molar-refractivity contribution >= 4 is 11.7 Å². The van der Waals surface area contributed by atoms with Gasteiger partial charge in [-0.3, -0.25) is 0 Å². The van der Waals surface area contributed by atoms with Crippen molar-refractivity contribution < 1.29 is 9.18 Å². The van der Waals surface area contributed by atoms with Crippen LogP contribution in [0.2, 0.25) is 0 Å². The molecule has 2 rings (SSSR count). The molecule has 0 aromatic heterocycles. The number of rotatable bonds is 5. The second-order valence-electron chi connectivity index (χ2n) is 5.37. The summed E-state index contributed by atoms with van der Waals surface area (Å²) in [6.07, 6.45) is 0. The Balaban J connectivity index is 1.81. The van der Waals surface area contributed by atoms with Crippen LogP contribution in [-0.4, -0.2) is 25.0 Å². The van der Waals surface area contributed by atoms with Gasteiger partial charge in [0.2, 0.25) is 0 Å². The van der Waals surface area contributed by atoms with Crippen molar-refractivity contribution in [1.82, 2.24) is 10.2 Å². The smallest absolute Gasteiger partial charge is 0.319 e. The lowest BCUT2D eigenvalue weighted by Crippen LogP contribution is -2.28. The fourth-order valence-electron chi connectivity index (χ4n) is 2.02. The lowest BCUT2D eigenvalue weighted by molar-refractivity contribution is 0.251. The molecule has 0 spiro atoms. The van der Waals surface area contributed by atoms with Crippen LogP contribution < -0.4 is 10.6 Å². The minimum absolute atomic E-state index is 0.316. The van der Waals surface area contributed by atoms with Gasteiger partial charge in [0.05, 0.1) is 0 Å². The number of nitrogens with one attached hydrogen (secondary N) is 2. The highest BCUT2D eigenvalue weighted by atomic mass is 19.1. The minimum Gasteiger partial charge on any atom is -0.334 e. The van der Waals surface area contributed by atoms with Crippen molar-refractivity contribution in [3.05, 3.63) is 65.5 Å². The van der Waals surface area contributed by atoms with E-state index in [1.807, 2.05) is 26.2 Å². The van der Waals surface area contributed by atoms with E-state index in [1.54, 1.807) is 0 Å². The van der Waals surface area contributed by atoms with E-state index in [1.165, 1.54) is 29.8 Å². The van der Waals surface area contributed by atoms with Crippen molar-refractivity contribution in [3.8, 4) is 0 Å². The summed E-state index contributed by atoms with van der Waals surface area (Å²) in [4.78, 5) is 13.9. The van der Waals surface area contributed by atoms with Gasteiger partial charge in [0.25, 0.3) is 0 Å². The third-order valence-electron chi connectivity index (χ3n) is 3.08. The number of nitrogens with zero attached hydrogens (tertiary/aromatic N) is 1. The Morgan fingerprint density at radius 3 is 2.18 bits per heavy atom. The average Bonchev–Trinajstić information content (AvgIpc) is 2.48. The van der Waals surface area contributed by atoms with Gasteiger partial charge in [-0.1, -0.05) is 24.3 Å². The van der Waals surface area contributed by atoms with Gasteiger partial charge in [-0.05, 0) is 49.5 Å². The Labute approximate surface area is 129 Å². The lowest BCUT2D eigenvalue weighted by Gasteiger charge is -2.11. The quantitative estimate of drug-likeness (QED) is 0.890. The molecule has 2 amide bonds. The molecule has 0 atom stereocenters. The molecule has 5 heteroatoms. The lowest BCUT2D eigenvalue weighted by atomic mass is 10.1. The van der Waals surface area contributed by atoms with E-state index in [-0.39, 0.29) is 11.8 Å². The van der Waals surface area contributed by atoms with Crippen LogP contribution in [0.4, 0.5) is 14.9 Å². The third-order valence-corrected chi connectivity index (χ3v) is 3.08. The number of benzene rings is 2. The monoisotopic (exact) mass is 301 g/mol. The molecule has 0 saturated carbocycles. The fraction of sp³-hybridized carbons (Fsp3) is 0.235. The van der Waals surface area contributed by atoms with Crippen LogP contribution in [0.15, 0.2) is 48.5 Å². The molecule has 4 nitrogen and oxygen atoms in total. The molecule has 2 aromatic rings. The van der Waals surface area contributed by atoms with Gasteiger partial charge in [-0.2, -0.15) is 0 Å². The van der Waals surface area contributed by atoms with Gasteiger partial charge in [-0.15, -0.1) is 0 Å². The zero-order chi connectivity index (χ0) is 15.9. The number of carbonyl (C=O) groups excluding carboxylic acids is 1. The molecule has 0 aliphatic rings. The summed E-state index contributed by atoms with van der Waals surface area (Å²) in [6.45, 7) is 1.33. The molecule has 2 aromatic carbocycles. The fourth-order valence-corrected chi connectivity index (χ4v) is 2.02. The molecule has 0 saturated heterocycles. The number of urea groups is 1. The maximum absolute atomic E-state index is 12.8. The summed E-state index contributed by atoms with van der Waals surface area (Å²) in [5, 5.41) is 5.42. The molecule has 2 N–H and O–H groups in total. The molecule has 0 unspecified atom stereocenters. The van der Waals surface area contributed by atoms with Crippen LogP contribution in [0.1, 0.15) is 11.1 Å². The number of carbonyl (C=O) groups is 1. The van der Waals surface area contributed by atoms with Crippen molar-refractivity contribution in [3.63, 3.8) is 0 Å². The van der Waals surface area contributed by atoms with Crippen LogP contribution in [0.25, 0.3) is 0 Å². The second kappa shape index (κ2) is 7.56. The molecule has 0 fully saturated rings. The van der Waals surface area contributed by atoms with E-state index >= 15 is 0 Å². The third kappa shape index (κ3) is 5.18. The van der Waals surface area contributed by atoms with Gasteiger partial charge in [-0.25, -0.2) is 9.18 Å². The number of hydrogen-bond acceptors (Lipinski definition) is 2. The standard InChI is InChI=1S/C17H20FN3O/c1-21(2)12-14-5-3-13(4-6-14)11-19-17(22)20-16-9-7-15(18)8-10-16/h3-10H,11-12H2,1-2H3,(H2,19,20,22). The van der Waals surface area contributed by atoms with Gasteiger partial charge in [0.1, 0.15) is 5.82 Å². The normalized spacial score (nSPS) is 10.5. The SMILES string of the molecule is CN(C)Cc1ccc(CNC(=O)Nc2ccc(F)cc2)cc1. The second-order valence-corrected chi connectivity index (χ2v) is 5.37. The van der Waals surface area contributed by atoms with E-state index in [0.717, 1.165) is 12.1 Å². The van der Waals surface area contributed by atoms with E-state index < -0.39 is 0 Å². The van der Waals surface area contributed by atoms with E-state index in [2.05, 4.69) is 27.7 Å². The summed E-state index contributed by atoms with van der Waals surface area (Å²) in [6, 6.07) is 13.4. The molecule has 0 aliphatic carbocycles. The Kier molecular flexibility index (Phi) is 5.49. The first-order valence-corrected chi connectivity index (χ1v) is 7.06. The average molecular weight is 301 g/mol. The van der Waals surface area contributed by atoms with E-state index in [4.69, 9.17) is 0 Å². The Morgan fingerprint density at radius 2 is 1.59 bits per heavy atom. The van der Waals surface area contributed by atoms with Gasteiger partial charge in [0, 0.05) is 18.8 Å². The number of hydrogen-bond donors (Lipinski definition) is 2. The van der Waals surface area contributed by atoms with Crippen molar-refractivity contribution in [2.24, 2.45) is 0 Å². The first kappa shape index (κ1) is 16.0. The Hall–Kier alpha value is -2.40. The number of anilines is 1. The van der Waals surface area contributed by atoms with Crippen LogP contribution in [0.5, 0.6) is 0 Å². The highest BCUT2D eigenvalue weighted by molar-refractivity contribution is 5.89. The molecule has 22 heavy (non-hydrogen) atoms. The van der Waals surface area contributed by atoms with E-state index in [9.17, 15) is 9.18 Å². The first-order chi connectivity index (χ1) is 10.5. The molecule has 0 bridgehead atoms. The van der Waals surface area contributed by atoms with Crippen molar-refractivity contribution in [1.29, 1.82) is 0 Å². The Morgan fingerprint density at radius 1 is 1.00 bits per heavy atom.